The molecule has 10 atom stereocenters. The van der Waals surface area contributed by atoms with E-state index in [2.05, 4.69) is 10.6 Å². The fourth-order valence-corrected chi connectivity index (χ4v) is 10.6. The van der Waals surface area contributed by atoms with E-state index in [0.717, 1.165) is 37.7 Å². The lowest BCUT2D eigenvalue weighted by Gasteiger charge is -2.41. The van der Waals surface area contributed by atoms with E-state index < -0.39 is 48.3 Å². The van der Waals surface area contributed by atoms with Crippen molar-refractivity contribution in [2.45, 2.75) is 168 Å². The molecule has 0 aromatic heterocycles. The van der Waals surface area contributed by atoms with Crippen molar-refractivity contribution in [2.75, 3.05) is 61.1 Å². The van der Waals surface area contributed by atoms with Gasteiger partial charge in [-0.2, -0.15) is 0 Å². The zero-order valence-electron chi connectivity index (χ0n) is 44.9. The Bertz CT molecular complexity index is 1920. The van der Waals surface area contributed by atoms with Crippen molar-refractivity contribution in [3.63, 3.8) is 0 Å². The minimum absolute atomic E-state index is 0.0255. The van der Waals surface area contributed by atoms with E-state index >= 15 is 0 Å². The van der Waals surface area contributed by atoms with Crippen molar-refractivity contribution in [3.8, 4) is 0 Å². The zero-order valence-corrected chi connectivity index (χ0v) is 44.9. The molecular weight excluding hydrogens is 907 g/mol. The van der Waals surface area contributed by atoms with Crippen molar-refractivity contribution in [2.24, 2.45) is 23.7 Å². The van der Waals surface area contributed by atoms with Crippen molar-refractivity contribution in [3.05, 3.63) is 48.0 Å². The second-order valence-electron chi connectivity index (χ2n) is 20.7. The Morgan fingerprint density at radius 1 is 0.789 bits per heavy atom. The number of amides is 7. The summed E-state index contributed by atoms with van der Waals surface area (Å²) in [6.07, 6.45) is 8.12. The topological polar surface area (TPSA) is 187 Å². The third-order valence-electron chi connectivity index (χ3n) is 15.0. The molecule has 7 amide bonds. The molecule has 4 rings (SSSR count). The lowest BCUT2D eigenvalue weighted by Crippen LogP contribution is -2.60. The molecule has 0 radical (unpaired) electrons. The van der Waals surface area contributed by atoms with Gasteiger partial charge in [0.15, 0.2) is 0 Å². The summed E-state index contributed by atoms with van der Waals surface area (Å²) in [6, 6.07) is 6.41. The number of benzene rings is 1. The van der Waals surface area contributed by atoms with Gasteiger partial charge in [0.1, 0.15) is 12.1 Å². The van der Waals surface area contributed by atoms with Crippen LogP contribution in [-0.4, -0.2) is 170 Å². The Morgan fingerprint density at radius 3 is 2.01 bits per heavy atom. The molecule has 0 saturated carbocycles. The summed E-state index contributed by atoms with van der Waals surface area (Å²) in [5.74, 6) is -3.38. The first kappa shape index (κ1) is 58.9. The number of unbranched alkanes of at least 4 members (excludes halogenated alkanes) is 3. The molecule has 17 heteroatoms. The lowest BCUT2D eigenvalue weighted by atomic mass is 9.89. The van der Waals surface area contributed by atoms with E-state index in [1.54, 1.807) is 38.0 Å². The smallest absolute Gasteiger partial charge is 0.269 e. The summed E-state index contributed by atoms with van der Waals surface area (Å²) in [4.78, 5) is 108. The maximum absolute atomic E-state index is 14.7. The highest BCUT2D eigenvalue weighted by atomic mass is 16.7. The van der Waals surface area contributed by atoms with E-state index in [1.165, 1.54) is 22.1 Å². The molecule has 0 aliphatic carbocycles. The Morgan fingerprint density at radius 2 is 1.44 bits per heavy atom. The fraction of sp³-hybridized carbons (Fsp3) is 0.722. The quantitative estimate of drug-likeness (QED) is 0.0817. The molecule has 0 unspecified atom stereocenters. The Hall–Kier alpha value is -4.71. The molecular formula is C54H87N7O10. The molecule has 3 aliphatic rings. The minimum atomic E-state index is -0.897. The number of hydrogen-bond donors (Lipinski definition) is 2. The number of hydrogen-bond acceptors (Lipinski definition) is 11. The summed E-state index contributed by atoms with van der Waals surface area (Å²) < 4.78 is 12.2. The predicted octanol–water partition coefficient (Wildman–Crippen LogP) is 5.33. The molecule has 0 spiro atoms. The molecule has 3 heterocycles. The second kappa shape index (κ2) is 28.5. The summed E-state index contributed by atoms with van der Waals surface area (Å²) in [5.41, 5.74) is 0.902. The molecule has 71 heavy (non-hydrogen) atoms. The van der Waals surface area contributed by atoms with Crippen molar-refractivity contribution >= 4 is 41.4 Å². The van der Waals surface area contributed by atoms with Gasteiger partial charge in [-0.15, -0.1) is 0 Å². The highest BCUT2D eigenvalue weighted by Gasteiger charge is 2.44. The SMILES string of the molecule is CC[C@H](C)[C@@H]([C@@H](CC(=O)N1CCC[C@H]1[C@H](OC)[C@@H](C)C(=O)N[C@H](C(=O)N1CCCCO1)[C@@H](C)c1ccccc1)OC)N(C)C(=O)[C@@H](NC(=O)[C@H](C(C)C)N(C)CCCCCCN1C(=O)C=CC1=O)C(C)C. The van der Waals surface area contributed by atoms with Crippen LogP contribution in [0.4, 0.5) is 0 Å². The van der Waals surface area contributed by atoms with Gasteiger partial charge in [0.05, 0.1) is 49.3 Å². The van der Waals surface area contributed by atoms with Gasteiger partial charge in [0.25, 0.3) is 17.7 Å². The number of nitrogens with zero attached hydrogens (tertiary/aromatic N) is 5. The van der Waals surface area contributed by atoms with E-state index in [1.807, 2.05) is 90.7 Å². The van der Waals surface area contributed by atoms with Crippen LogP contribution in [0.1, 0.15) is 131 Å². The number of nitrogens with one attached hydrogen (secondary N) is 2. The monoisotopic (exact) mass is 994 g/mol. The largest absolute Gasteiger partial charge is 0.379 e. The molecule has 0 bridgehead atoms. The molecule has 17 nitrogen and oxygen atoms in total. The Balaban J connectivity index is 1.43. The minimum Gasteiger partial charge on any atom is -0.379 e. The van der Waals surface area contributed by atoms with Crippen LogP contribution >= 0.6 is 0 Å². The average molecular weight is 994 g/mol. The Labute approximate surface area is 424 Å². The molecule has 2 N–H and O–H groups in total. The van der Waals surface area contributed by atoms with Crippen LogP contribution in [-0.2, 0) is 47.9 Å². The number of methoxy groups -OCH3 is 2. The summed E-state index contributed by atoms with van der Waals surface area (Å²) >= 11 is 0. The first-order valence-corrected chi connectivity index (χ1v) is 26.2. The maximum atomic E-state index is 14.7. The molecule has 2 fully saturated rings. The van der Waals surface area contributed by atoms with Crippen LogP contribution in [0.15, 0.2) is 42.5 Å². The highest BCUT2D eigenvalue weighted by Crippen LogP contribution is 2.31. The molecule has 1 aromatic carbocycles. The first-order chi connectivity index (χ1) is 33.8. The number of rotatable bonds is 28. The van der Waals surface area contributed by atoms with Crippen LogP contribution in [0, 0.1) is 23.7 Å². The normalized spacial score (nSPS) is 20.2. The number of likely N-dealkylation sites (N-methyl/N-ethyl adjacent to an activating group) is 2. The van der Waals surface area contributed by atoms with Gasteiger partial charge in [-0.1, -0.05) is 105 Å². The molecule has 398 valence electrons. The third-order valence-corrected chi connectivity index (χ3v) is 15.0. The van der Waals surface area contributed by atoms with Crippen LogP contribution in [0.25, 0.3) is 0 Å². The van der Waals surface area contributed by atoms with Gasteiger partial charge in [-0.3, -0.25) is 48.2 Å². The zero-order chi connectivity index (χ0) is 52.5. The van der Waals surface area contributed by atoms with E-state index in [9.17, 15) is 33.6 Å². The van der Waals surface area contributed by atoms with Crippen LogP contribution in [0.2, 0.25) is 0 Å². The molecule has 3 aliphatic heterocycles. The Kier molecular flexibility index (Phi) is 23.6. The van der Waals surface area contributed by atoms with Crippen LogP contribution in [0.3, 0.4) is 0 Å². The van der Waals surface area contributed by atoms with E-state index in [4.69, 9.17) is 14.3 Å². The summed E-state index contributed by atoms with van der Waals surface area (Å²) in [7, 11) is 6.74. The van der Waals surface area contributed by atoms with Gasteiger partial charge < -0.3 is 29.9 Å². The number of ether oxygens (including phenoxy) is 2. The number of imide groups is 1. The number of likely N-dealkylation sites (tertiary alicyclic amines) is 1. The number of carbonyl (C=O) groups is 7. The predicted molar refractivity (Wildman–Crippen MR) is 272 cm³/mol. The standard InChI is InChI=1S/C54H87N7O10/c1-13-37(6)49(58(10)53(67)46(35(2)3)55-52(66)48(36(4)5)57(9)29-19-14-15-20-30-60-43(62)27-28-44(60)63)42(69-11)34-45(64)59-31-23-26-41(59)50(70-12)39(8)51(65)56-47(38(7)40-24-17-16-18-25-40)54(68)61-32-21-22-33-71-61/h16-18,24-25,27-28,35-39,41-42,46-50H,13-15,19-23,26,29-34H2,1-12H3,(H,55,66)(H,56,65)/t37-,38-,39+,41-,42+,46-,47-,48-,49-,50+/m0/s1. The van der Waals surface area contributed by atoms with Crippen LogP contribution < -0.4 is 10.6 Å². The number of carbonyl (C=O) groups excluding carboxylic acids is 7. The first-order valence-electron chi connectivity index (χ1n) is 26.2. The van der Waals surface area contributed by atoms with Gasteiger partial charge >= 0.3 is 0 Å². The third kappa shape index (κ3) is 15.6. The van der Waals surface area contributed by atoms with Crippen molar-refractivity contribution < 1.29 is 47.9 Å². The van der Waals surface area contributed by atoms with E-state index in [0.29, 0.717) is 58.5 Å². The summed E-state index contributed by atoms with van der Waals surface area (Å²) in [5, 5.41) is 7.55. The van der Waals surface area contributed by atoms with Crippen LogP contribution in [0.5, 0.6) is 0 Å². The van der Waals surface area contributed by atoms with Gasteiger partial charge in [0.2, 0.25) is 23.6 Å². The van der Waals surface area contributed by atoms with Crippen molar-refractivity contribution in [1.29, 1.82) is 0 Å². The van der Waals surface area contributed by atoms with Gasteiger partial charge in [-0.25, -0.2) is 5.06 Å². The maximum Gasteiger partial charge on any atom is 0.269 e. The second-order valence-corrected chi connectivity index (χ2v) is 20.7. The van der Waals surface area contributed by atoms with E-state index in [-0.39, 0.29) is 71.4 Å². The van der Waals surface area contributed by atoms with Gasteiger partial charge in [0, 0.05) is 59.0 Å². The summed E-state index contributed by atoms with van der Waals surface area (Å²) in [6.45, 7) is 17.9. The molecule has 2 saturated heterocycles. The average Bonchev–Trinajstić information content (AvgIpc) is 3.98. The molecule has 1 aromatic rings. The highest BCUT2D eigenvalue weighted by molar-refractivity contribution is 6.12. The lowest BCUT2D eigenvalue weighted by molar-refractivity contribution is -0.200. The fourth-order valence-electron chi connectivity index (χ4n) is 10.6. The van der Waals surface area contributed by atoms with Gasteiger partial charge in [-0.05, 0) is 75.4 Å². The van der Waals surface area contributed by atoms with Crippen molar-refractivity contribution in [1.82, 2.24) is 35.3 Å². The number of hydroxylamine groups is 2.